The van der Waals surface area contributed by atoms with Crippen molar-refractivity contribution in [3.05, 3.63) is 103 Å². The molecule has 3 aromatic carbocycles. The Kier molecular flexibility index (Phi) is 6.72. The van der Waals surface area contributed by atoms with Gasteiger partial charge in [0, 0.05) is 60.6 Å². The summed E-state index contributed by atoms with van der Waals surface area (Å²) in [6.07, 6.45) is 2.58. The highest BCUT2D eigenvalue weighted by Crippen LogP contribution is 2.39. The van der Waals surface area contributed by atoms with Crippen LogP contribution in [0.5, 0.6) is 0 Å². The fourth-order valence-electron chi connectivity index (χ4n) is 5.70. The minimum Gasteiger partial charge on any atom is -0.380 e. The summed E-state index contributed by atoms with van der Waals surface area (Å²) in [6, 6.07) is 17.7. The van der Waals surface area contributed by atoms with Crippen molar-refractivity contribution in [2.45, 2.75) is 13.0 Å². The number of aromatic nitrogens is 1. The van der Waals surface area contributed by atoms with Crippen molar-refractivity contribution in [3.8, 4) is 0 Å². The van der Waals surface area contributed by atoms with Crippen molar-refractivity contribution in [3.63, 3.8) is 0 Å². The number of fused-ring (bicyclic) bond motifs is 2. The third kappa shape index (κ3) is 4.66. The highest BCUT2D eigenvalue weighted by atomic mass is 32.2. The van der Waals surface area contributed by atoms with Crippen LogP contribution in [-0.4, -0.2) is 42.0 Å². The molecule has 1 saturated heterocycles. The first kappa shape index (κ1) is 25.8. The van der Waals surface area contributed by atoms with Gasteiger partial charge in [-0.15, -0.1) is 11.3 Å². The van der Waals surface area contributed by atoms with Gasteiger partial charge in [0.25, 0.3) is 16.8 Å². The Bertz CT molecular complexity index is 1850. The fourth-order valence-corrected chi connectivity index (χ4v) is 7.37. The molecule has 2 aliphatic heterocycles. The summed E-state index contributed by atoms with van der Waals surface area (Å²) in [5, 5.41) is 9.45. The molecule has 0 saturated carbocycles. The van der Waals surface area contributed by atoms with Gasteiger partial charge in [-0.25, -0.2) is 0 Å². The number of benzene rings is 2. The van der Waals surface area contributed by atoms with Crippen LogP contribution < -0.4 is 31.3 Å². The van der Waals surface area contributed by atoms with Crippen molar-refractivity contribution in [2.24, 2.45) is 0 Å². The summed E-state index contributed by atoms with van der Waals surface area (Å²) >= 11 is 3.25. The van der Waals surface area contributed by atoms with E-state index < -0.39 is 5.43 Å². The standard InChI is InChI=1S/C31H27N5O3S2/c37-28-26(35-12-15-40-16-13-35)27(29(28)38)36-11-8-19-5-6-21(17-25(19)36)34-31(39)30-24(9-14-41-30)33-18-20-7-10-32-23-4-2-1-3-22(20)23/h1-7,9-10,14,17,33H,8,11-13,15-16,18H2,(H,34,39). The number of rotatable bonds is 7. The zero-order chi connectivity index (χ0) is 27.9. The minimum atomic E-state index is -0.420. The number of amides is 1. The number of hydrogen-bond acceptors (Lipinski definition) is 9. The smallest absolute Gasteiger partial charge is 0.267 e. The molecule has 0 atom stereocenters. The second-order valence-electron chi connectivity index (χ2n) is 10.2. The summed E-state index contributed by atoms with van der Waals surface area (Å²) in [4.78, 5) is 47.7. The van der Waals surface area contributed by atoms with Gasteiger partial charge in [-0.05, 0) is 53.3 Å². The second-order valence-corrected chi connectivity index (χ2v) is 12.3. The van der Waals surface area contributed by atoms with Crippen LogP contribution in [0, 0.1) is 0 Å². The number of thioether (sulfide) groups is 1. The Hall–Kier alpha value is -4.15. The molecule has 5 aromatic rings. The van der Waals surface area contributed by atoms with Crippen LogP contribution in [0.25, 0.3) is 10.9 Å². The fraction of sp³-hybridized carbons (Fsp3) is 0.226. The van der Waals surface area contributed by atoms with Crippen LogP contribution in [0.3, 0.4) is 0 Å². The van der Waals surface area contributed by atoms with Crippen molar-refractivity contribution in [2.75, 3.05) is 51.6 Å². The summed E-state index contributed by atoms with van der Waals surface area (Å²) in [5.41, 5.74) is 5.67. The predicted molar refractivity (Wildman–Crippen MR) is 169 cm³/mol. The van der Waals surface area contributed by atoms with E-state index >= 15 is 0 Å². The van der Waals surface area contributed by atoms with Gasteiger partial charge in [-0.1, -0.05) is 24.3 Å². The van der Waals surface area contributed by atoms with Gasteiger partial charge in [-0.2, -0.15) is 11.8 Å². The lowest BCUT2D eigenvalue weighted by Crippen LogP contribution is -2.47. The Morgan fingerprint density at radius 2 is 1.78 bits per heavy atom. The van der Waals surface area contributed by atoms with E-state index in [-0.39, 0.29) is 11.3 Å². The predicted octanol–water partition coefficient (Wildman–Crippen LogP) is 5.00. The first-order chi connectivity index (χ1) is 20.1. The number of pyridine rings is 1. The van der Waals surface area contributed by atoms with E-state index in [1.165, 1.54) is 11.3 Å². The van der Waals surface area contributed by atoms with Gasteiger partial charge in [-0.3, -0.25) is 19.4 Å². The Morgan fingerprint density at radius 3 is 2.66 bits per heavy atom. The molecule has 0 aliphatic carbocycles. The summed E-state index contributed by atoms with van der Waals surface area (Å²) in [7, 11) is 0. The van der Waals surface area contributed by atoms with Crippen LogP contribution in [0.2, 0.25) is 0 Å². The number of carbonyl (C=O) groups is 1. The normalized spacial score (nSPS) is 14.9. The maximum atomic E-state index is 13.4. The van der Waals surface area contributed by atoms with Crippen molar-refractivity contribution in [1.29, 1.82) is 0 Å². The molecule has 0 bridgehead atoms. The van der Waals surface area contributed by atoms with Gasteiger partial charge in [0.2, 0.25) is 0 Å². The van der Waals surface area contributed by atoms with E-state index in [0.717, 1.165) is 64.4 Å². The molecule has 2 aromatic heterocycles. The maximum Gasteiger partial charge on any atom is 0.267 e. The third-order valence-corrected chi connectivity index (χ3v) is 9.63. The number of nitrogens with zero attached hydrogens (tertiary/aromatic N) is 3. The average Bonchev–Trinajstić information content (AvgIpc) is 3.65. The molecule has 4 heterocycles. The first-order valence-electron chi connectivity index (χ1n) is 13.6. The molecule has 7 rings (SSSR count). The van der Waals surface area contributed by atoms with E-state index in [1.807, 2.05) is 70.6 Å². The van der Waals surface area contributed by atoms with Gasteiger partial charge >= 0.3 is 0 Å². The van der Waals surface area contributed by atoms with E-state index in [0.29, 0.717) is 35.0 Å². The second kappa shape index (κ2) is 10.7. The van der Waals surface area contributed by atoms with Gasteiger partial charge in [0.1, 0.15) is 16.3 Å². The zero-order valence-electron chi connectivity index (χ0n) is 22.2. The van der Waals surface area contributed by atoms with Crippen LogP contribution in [0.1, 0.15) is 20.8 Å². The highest BCUT2D eigenvalue weighted by Gasteiger charge is 2.34. The van der Waals surface area contributed by atoms with E-state index in [2.05, 4.69) is 26.6 Å². The van der Waals surface area contributed by atoms with Gasteiger partial charge in [0.15, 0.2) is 0 Å². The SMILES string of the molecule is O=C(Nc1ccc2c(c1)N(c1c(N3CCSCC3)c(=O)c1=O)CC2)c1sccc1NCc1ccnc2ccccc12. The lowest BCUT2D eigenvalue weighted by Gasteiger charge is -2.33. The zero-order valence-corrected chi connectivity index (χ0v) is 23.8. The van der Waals surface area contributed by atoms with Crippen LogP contribution in [0.4, 0.5) is 28.4 Å². The quantitative estimate of drug-likeness (QED) is 0.259. The first-order valence-corrected chi connectivity index (χ1v) is 15.6. The van der Waals surface area contributed by atoms with Crippen LogP contribution in [-0.2, 0) is 13.0 Å². The number of para-hydroxylation sites is 1. The topological polar surface area (TPSA) is 94.6 Å². The molecule has 8 nitrogen and oxygen atoms in total. The molecule has 1 fully saturated rings. The maximum absolute atomic E-state index is 13.4. The number of carbonyl (C=O) groups excluding carboxylic acids is 1. The molecule has 1 amide bonds. The highest BCUT2D eigenvalue weighted by molar-refractivity contribution is 7.99. The number of hydrogen-bond donors (Lipinski definition) is 2. The molecule has 206 valence electrons. The lowest BCUT2D eigenvalue weighted by atomic mass is 10.1. The van der Waals surface area contributed by atoms with Crippen molar-refractivity contribution in [1.82, 2.24) is 4.98 Å². The number of thiophene rings is 1. The van der Waals surface area contributed by atoms with Gasteiger partial charge < -0.3 is 20.4 Å². The molecule has 0 radical (unpaired) electrons. The Balaban J connectivity index is 1.09. The van der Waals surface area contributed by atoms with Gasteiger partial charge in [0.05, 0.1) is 11.2 Å². The summed E-state index contributed by atoms with van der Waals surface area (Å²) in [5.74, 6) is 1.69. The lowest BCUT2D eigenvalue weighted by molar-refractivity contribution is 0.103. The number of nitrogens with one attached hydrogen (secondary N) is 2. The van der Waals surface area contributed by atoms with E-state index in [1.54, 1.807) is 6.20 Å². The average molecular weight is 582 g/mol. The minimum absolute atomic E-state index is 0.202. The largest absolute Gasteiger partial charge is 0.380 e. The monoisotopic (exact) mass is 581 g/mol. The third-order valence-electron chi connectivity index (χ3n) is 7.78. The van der Waals surface area contributed by atoms with Crippen LogP contribution >= 0.6 is 23.1 Å². The van der Waals surface area contributed by atoms with Crippen molar-refractivity contribution < 1.29 is 4.79 Å². The van der Waals surface area contributed by atoms with Crippen LogP contribution in [0.15, 0.2) is 75.8 Å². The molecule has 2 N–H and O–H groups in total. The molecular formula is C31H27N5O3S2. The molecule has 2 aliphatic rings. The van der Waals surface area contributed by atoms with Crippen molar-refractivity contribution >= 4 is 68.3 Å². The van der Waals surface area contributed by atoms with E-state index in [9.17, 15) is 14.4 Å². The molecule has 0 spiro atoms. The Labute approximate surface area is 244 Å². The summed E-state index contributed by atoms with van der Waals surface area (Å²) < 4.78 is 0. The van der Waals surface area contributed by atoms with E-state index in [4.69, 9.17) is 0 Å². The number of anilines is 5. The summed E-state index contributed by atoms with van der Waals surface area (Å²) in [6.45, 7) is 2.74. The molecule has 41 heavy (non-hydrogen) atoms. The Morgan fingerprint density at radius 1 is 0.951 bits per heavy atom. The molecule has 0 unspecified atom stereocenters. The molecular weight excluding hydrogens is 555 g/mol. The molecule has 10 heteroatoms.